The summed E-state index contributed by atoms with van der Waals surface area (Å²) >= 11 is 0. The van der Waals surface area contributed by atoms with Crippen molar-refractivity contribution in [2.45, 2.75) is 19.5 Å². The molecule has 0 unspecified atom stereocenters. The van der Waals surface area contributed by atoms with Gasteiger partial charge in [0.25, 0.3) is 11.8 Å². The van der Waals surface area contributed by atoms with Gasteiger partial charge in [0.05, 0.1) is 6.21 Å². The number of para-hydroxylation sites is 1. The third-order valence-corrected chi connectivity index (χ3v) is 6.52. The predicted molar refractivity (Wildman–Crippen MR) is 153 cm³/mol. The Balaban J connectivity index is 1.06. The van der Waals surface area contributed by atoms with Crippen molar-refractivity contribution in [2.75, 3.05) is 18.5 Å². The van der Waals surface area contributed by atoms with Gasteiger partial charge in [-0.25, -0.2) is 5.43 Å². The van der Waals surface area contributed by atoms with Crippen molar-refractivity contribution in [1.82, 2.24) is 10.3 Å². The molecule has 0 saturated heterocycles. The van der Waals surface area contributed by atoms with Crippen LogP contribution in [0.15, 0.2) is 108 Å². The maximum Gasteiger partial charge on any atom is 0.271 e. The lowest BCUT2D eigenvalue weighted by atomic mass is 9.99. The van der Waals surface area contributed by atoms with Gasteiger partial charge in [0.15, 0.2) is 6.61 Å². The quantitative estimate of drug-likeness (QED) is 0.241. The van der Waals surface area contributed by atoms with Gasteiger partial charge in [-0.2, -0.15) is 5.10 Å². The summed E-state index contributed by atoms with van der Waals surface area (Å²) in [6.07, 6.45) is 2.63. The standard InChI is InChI=1S/C32H30N4O3/c37-31(34-29-8-2-1-3-9-29)23-39-30-16-12-24(13-17-30)20-33-35-32(38)27-14-10-25(11-15-27)21-36-19-18-26-6-4-5-7-28(26)22-36/h1-17,20H,18-19,21-23H2,(H,34,37)(H,35,38)/b33-20+. The molecular formula is C32H30N4O3. The fourth-order valence-corrected chi connectivity index (χ4v) is 4.46. The second kappa shape index (κ2) is 12.7. The fourth-order valence-electron chi connectivity index (χ4n) is 4.46. The van der Waals surface area contributed by atoms with E-state index in [1.807, 2.05) is 54.6 Å². The molecule has 0 fully saturated rings. The summed E-state index contributed by atoms with van der Waals surface area (Å²) in [5, 5.41) is 6.84. The van der Waals surface area contributed by atoms with Gasteiger partial charge in [-0.15, -0.1) is 0 Å². The van der Waals surface area contributed by atoms with E-state index in [1.165, 1.54) is 16.7 Å². The lowest BCUT2D eigenvalue weighted by Gasteiger charge is -2.28. The number of ether oxygens (including phenoxy) is 1. The molecule has 1 aliphatic rings. The van der Waals surface area contributed by atoms with Crippen LogP contribution in [-0.2, 0) is 24.3 Å². The van der Waals surface area contributed by atoms with Gasteiger partial charge in [0.1, 0.15) is 5.75 Å². The zero-order chi connectivity index (χ0) is 26.9. The third kappa shape index (κ3) is 7.40. The maximum atomic E-state index is 12.5. The van der Waals surface area contributed by atoms with Gasteiger partial charge < -0.3 is 10.1 Å². The Labute approximate surface area is 228 Å². The molecule has 1 aliphatic heterocycles. The molecule has 2 N–H and O–H groups in total. The number of nitrogens with one attached hydrogen (secondary N) is 2. The largest absolute Gasteiger partial charge is 0.484 e. The number of nitrogens with zero attached hydrogens (tertiary/aromatic N) is 2. The van der Waals surface area contributed by atoms with Crippen molar-refractivity contribution in [3.8, 4) is 5.75 Å². The van der Waals surface area contributed by atoms with Crippen LogP contribution < -0.4 is 15.5 Å². The highest BCUT2D eigenvalue weighted by Crippen LogP contribution is 2.20. The van der Waals surface area contributed by atoms with Gasteiger partial charge in [-0.3, -0.25) is 14.5 Å². The van der Waals surface area contributed by atoms with Crippen LogP contribution >= 0.6 is 0 Å². The van der Waals surface area contributed by atoms with Crippen LogP contribution in [0.2, 0.25) is 0 Å². The molecule has 39 heavy (non-hydrogen) atoms. The number of carbonyl (C=O) groups excluding carboxylic acids is 2. The molecule has 196 valence electrons. The van der Waals surface area contributed by atoms with Gasteiger partial charge in [-0.1, -0.05) is 54.6 Å². The number of amides is 2. The number of anilines is 1. The summed E-state index contributed by atoms with van der Waals surface area (Å²) in [5.74, 6) is 0.0576. The lowest BCUT2D eigenvalue weighted by Crippen LogP contribution is -2.30. The Kier molecular flexibility index (Phi) is 8.41. The van der Waals surface area contributed by atoms with Crippen LogP contribution in [-0.4, -0.2) is 36.1 Å². The molecule has 1 heterocycles. The van der Waals surface area contributed by atoms with Crippen LogP contribution in [0, 0.1) is 0 Å². The van der Waals surface area contributed by atoms with Gasteiger partial charge in [0, 0.05) is 30.9 Å². The molecule has 0 aliphatic carbocycles. The van der Waals surface area contributed by atoms with Crippen molar-refractivity contribution in [3.05, 3.63) is 131 Å². The minimum absolute atomic E-state index is 0.0941. The van der Waals surface area contributed by atoms with Gasteiger partial charge in [-0.05, 0) is 77.2 Å². The Morgan fingerprint density at radius 2 is 1.56 bits per heavy atom. The Hall–Kier alpha value is -4.75. The first-order valence-electron chi connectivity index (χ1n) is 12.9. The molecule has 0 bridgehead atoms. The molecule has 0 saturated carbocycles. The predicted octanol–water partition coefficient (Wildman–Crippen LogP) is 5.03. The molecule has 7 heteroatoms. The van der Waals surface area contributed by atoms with Crippen LogP contribution in [0.4, 0.5) is 5.69 Å². The second-order valence-corrected chi connectivity index (χ2v) is 9.40. The number of benzene rings is 4. The van der Waals surface area contributed by atoms with E-state index in [1.54, 1.807) is 30.5 Å². The highest BCUT2D eigenvalue weighted by atomic mass is 16.5. The first-order valence-corrected chi connectivity index (χ1v) is 12.9. The highest BCUT2D eigenvalue weighted by molar-refractivity contribution is 5.95. The molecule has 0 aromatic heterocycles. The summed E-state index contributed by atoms with van der Waals surface area (Å²) in [6, 6.07) is 32.6. The van der Waals surface area contributed by atoms with E-state index in [9.17, 15) is 9.59 Å². The highest BCUT2D eigenvalue weighted by Gasteiger charge is 2.16. The molecule has 0 atom stereocenters. The number of carbonyl (C=O) groups is 2. The van der Waals surface area contributed by atoms with Crippen molar-refractivity contribution in [2.24, 2.45) is 5.10 Å². The summed E-state index contributed by atoms with van der Waals surface area (Å²) < 4.78 is 5.54. The molecule has 0 radical (unpaired) electrons. The molecule has 5 rings (SSSR count). The zero-order valence-corrected chi connectivity index (χ0v) is 21.5. The van der Waals surface area contributed by atoms with Crippen molar-refractivity contribution < 1.29 is 14.3 Å². The number of fused-ring (bicyclic) bond motifs is 1. The topological polar surface area (TPSA) is 83.0 Å². The number of hydrazone groups is 1. The van der Waals surface area contributed by atoms with Crippen molar-refractivity contribution in [1.29, 1.82) is 0 Å². The molecule has 4 aromatic rings. The summed E-state index contributed by atoms with van der Waals surface area (Å²) in [7, 11) is 0. The van der Waals surface area contributed by atoms with Crippen LogP contribution in [0.3, 0.4) is 0 Å². The van der Waals surface area contributed by atoms with E-state index in [4.69, 9.17) is 4.74 Å². The van der Waals surface area contributed by atoms with Crippen LogP contribution in [0.25, 0.3) is 0 Å². The SMILES string of the molecule is O=C(COc1ccc(/C=N/NC(=O)c2ccc(CN3CCc4ccccc4C3)cc2)cc1)Nc1ccccc1. The van der Waals surface area contributed by atoms with E-state index >= 15 is 0 Å². The van der Waals surface area contributed by atoms with E-state index in [0.717, 1.165) is 37.3 Å². The first-order chi connectivity index (χ1) is 19.1. The molecule has 7 nitrogen and oxygen atoms in total. The zero-order valence-electron chi connectivity index (χ0n) is 21.5. The monoisotopic (exact) mass is 518 g/mol. The Morgan fingerprint density at radius 3 is 2.33 bits per heavy atom. The average Bonchev–Trinajstić information content (AvgIpc) is 2.97. The maximum absolute atomic E-state index is 12.5. The fraction of sp³-hybridized carbons (Fsp3) is 0.156. The van der Waals surface area contributed by atoms with Gasteiger partial charge >= 0.3 is 0 Å². The Morgan fingerprint density at radius 1 is 0.846 bits per heavy atom. The number of hydrogen-bond donors (Lipinski definition) is 2. The molecule has 4 aromatic carbocycles. The van der Waals surface area contributed by atoms with E-state index < -0.39 is 0 Å². The number of rotatable bonds is 9. The van der Waals surface area contributed by atoms with Crippen molar-refractivity contribution >= 4 is 23.7 Å². The molecule has 0 spiro atoms. The summed E-state index contributed by atoms with van der Waals surface area (Å²) in [4.78, 5) is 27.0. The van der Waals surface area contributed by atoms with E-state index in [-0.39, 0.29) is 18.4 Å². The summed E-state index contributed by atoms with van der Waals surface area (Å²) in [5.41, 5.74) is 8.64. The average molecular weight is 519 g/mol. The molecule has 2 amide bonds. The third-order valence-electron chi connectivity index (χ3n) is 6.52. The van der Waals surface area contributed by atoms with Crippen LogP contribution in [0.1, 0.15) is 32.6 Å². The lowest BCUT2D eigenvalue weighted by molar-refractivity contribution is -0.118. The Bertz CT molecular complexity index is 1430. The normalized spacial score (nSPS) is 13.0. The minimum Gasteiger partial charge on any atom is -0.484 e. The molecular weight excluding hydrogens is 488 g/mol. The minimum atomic E-state index is -0.269. The first kappa shape index (κ1) is 25.9. The summed E-state index contributed by atoms with van der Waals surface area (Å²) in [6.45, 7) is 2.74. The second-order valence-electron chi connectivity index (χ2n) is 9.40. The van der Waals surface area contributed by atoms with E-state index in [2.05, 4.69) is 45.0 Å². The van der Waals surface area contributed by atoms with E-state index in [0.29, 0.717) is 11.3 Å². The number of hydrogen-bond acceptors (Lipinski definition) is 5. The van der Waals surface area contributed by atoms with Crippen molar-refractivity contribution in [3.63, 3.8) is 0 Å². The van der Waals surface area contributed by atoms with Gasteiger partial charge in [0.2, 0.25) is 0 Å². The van der Waals surface area contributed by atoms with Crippen LogP contribution in [0.5, 0.6) is 5.75 Å². The smallest absolute Gasteiger partial charge is 0.271 e.